The Morgan fingerprint density at radius 2 is 1.61 bits per heavy atom. The van der Waals surface area contributed by atoms with Crippen molar-refractivity contribution in [2.45, 2.75) is 6.92 Å². The number of carbonyl (C=O) groups is 1. The third-order valence-electron chi connectivity index (χ3n) is 5.01. The van der Waals surface area contributed by atoms with Crippen LogP contribution < -0.4 is 10.2 Å². The minimum Gasteiger partial charge on any atom is -0.416 e. The number of rotatable bonds is 7. The Kier molecular flexibility index (Phi) is 6.08. The quantitative estimate of drug-likeness (QED) is 0.481. The summed E-state index contributed by atoms with van der Waals surface area (Å²) in [6, 6.07) is 25.2. The largest absolute Gasteiger partial charge is 0.416 e. The molecule has 4 aromatic rings. The zero-order valence-electron chi connectivity index (χ0n) is 17.6. The first-order valence-electron chi connectivity index (χ1n) is 10.2. The molecule has 0 aliphatic heterocycles. The highest BCUT2D eigenvalue weighted by Crippen LogP contribution is 2.24. The van der Waals surface area contributed by atoms with E-state index < -0.39 is 0 Å². The Bertz CT molecular complexity index is 1150. The summed E-state index contributed by atoms with van der Waals surface area (Å²) in [5.74, 6) is 0.787. The van der Waals surface area contributed by atoms with E-state index in [-0.39, 0.29) is 5.91 Å². The van der Waals surface area contributed by atoms with Crippen LogP contribution in [0.1, 0.15) is 15.9 Å². The van der Waals surface area contributed by atoms with Gasteiger partial charge in [-0.15, -0.1) is 10.2 Å². The van der Waals surface area contributed by atoms with Crippen molar-refractivity contribution in [1.82, 2.24) is 15.5 Å². The molecule has 0 saturated heterocycles. The first-order valence-corrected chi connectivity index (χ1v) is 10.2. The van der Waals surface area contributed by atoms with Gasteiger partial charge in [-0.05, 0) is 55.5 Å². The summed E-state index contributed by atoms with van der Waals surface area (Å²) in [5, 5.41) is 11.2. The van der Waals surface area contributed by atoms with Gasteiger partial charge >= 0.3 is 0 Å². The van der Waals surface area contributed by atoms with E-state index in [1.807, 2.05) is 80.7 Å². The first-order chi connectivity index (χ1) is 15.1. The third kappa shape index (κ3) is 4.98. The van der Waals surface area contributed by atoms with Gasteiger partial charge in [-0.3, -0.25) is 4.79 Å². The molecule has 0 unspecified atom stereocenters. The molecule has 1 N–H and O–H groups in total. The van der Waals surface area contributed by atoms with Crippen molar-refractivity contribution in [1.29, 1.82) is 0 Å². The normalized spacial score (nSPS) is 10.6. The number of hydrogen-bond acceptors (Lipinski definition) is 5. The molecule has 0 atom stereocenters. The molecule has 6 heteroatoms. The Labute approximate surface area is 181 Å². The molecule has 156 valence electrons. The van der Waals surface area contributed by atoms with Crippen LogP contribution in [0.25, 0.3) is 22.9 Å². The molecule has 6 nitrogen and oxygen atoms in total. The number of carbonyl (C=O) groups excluding carboxylic acids is 1. The fraction of sp³-hybridized carbons (Fsp3) is 0.160. The molecular formula is C25H24N4O2. The lowest BCUT2D eigenvalue weighted by molar-refractivity contribution is 0.0954. The molecule has 0 saturated carbocycles. The molecule has 0 bridgehead atoms. The van der Waals surface area contributed by atoms with Gasteiger partial charge in [-0.1, -0.05) is 35.9 Å². The number of para-hydroxylation sites is 1. The van der Waals surface area contributed by atoms with Crippen molar-refractivity contribution < 1.29 is 9.21 Å². The average Bonchev–Trinajstić information content (AvgIpc) is 3.30. The minimum absolute atomic E-state index is 0.112. The van der Waals surface area contributed by atoms with E-state index >= 15 is 0 Å². The van der Waals surface area contributed by atoms with Crippen LogP contribution in [0.2, 0.25) is 0 Å². The van der Waals surface area contributed by atoms with Gasteiger partial charge in [0, 0.05) is 42.5 Å². The molecule has 31 heavy (non-hydrogen) atoms. The third-order valence-corrected chi connectivity index (χ3v) is 5.01. The average molecular weight is 412 g/mol. The highest BCUT2D eigenvalue weighted by molar-refractivity contribution is 5.94. The maximum atomic E-state index is 12.5. The first kappa shape index (κ1) is 20.3. The van der Waals surface area contributed by atoms with Crippen molar-refractivity contribution in [3.8, 4) is 22.9 Å². The standard InChI is InChI=1S/C25H24N4O2/c1-18-7-6-8-21(17-18)25-28-27-24(31-25)20-13-11-19(12-14-20)23(30)26-15-16-29(2)22-9-4-3-5-10-22/h3-14,17H,15-16H2,1-2H3,(H,26,30). The van der Waals surface area contributed by atoms with Gasteiger partial charge < -0.3 is 14.6 Å². The minimum atomic E-state index is -0.112. The molecule has 0 aliphatic carbocycles. The SMILES string of the molecule is Cc1cccc(-c2nnc(-c3ccc(C(=O)NCCN(C)c4ccccc4)cc3)o2)c1. The van der Waals surface area contributed by atoms with Gasteiger partial charge in [-0.2, -0.15) is 0 Å². The van der Waals surface area contributed by atoms with Crippen molar-refractivity contribution in [2.75, 3.05) is 25.0 Å². The molecule has 1 aromatic heterocycles. The van der Waals surface area contributed by atoms with E-state index in [4.69, 9.17) is 4.42 Å². The summed E-state index contributed by atoms with van der Waals surface area (Å²) in [4.78, 5) is 14.6. The van der Waals surface area contributed by atoms with Gasteiger partial charge in [0.1, 0.15) is 0 Å². The van der Waals surface area contributed by atoms with Crippen molar-refractivity contribution in [3.05, 3.63) is 90.0 Å². The summed E-state index contributed by atoms with van der Waals surface area (Å²) in [7, 11) is 2.01. The predicted octanol–water partition coefficient (Wildman–Crippen LogP) is 4.58. The zero-order valence-corrected chi connectivity index (χ0v) is 17.6. The fourth-order valence-corrected chi connectivity index (χ4v) is 3.25. The maximum absolute atomic E-state index is 12.5. The van der Waals surface area contributed by atoms with Crippen LogP contribution in [-0.2, 0) is 0 Å². The molecule has 0 radical (unpaired) electrons. The van der Waals surface area contributed by atoms with E-state index in [1.165, 1.54) is 0 Å². The molecule has 1 heterocycles. The van der Waals surface area contributed by atoms with Gasteiger partial charge in [0.2, 0.25) is 11.8 Å². The summed E-state index contributed by atoms with van der Waals surface area (Å²) < 4.78 is 5.82. The van der Waals surface area contributed by atoms with Gasteiger partial charge in [0.15, 0.2) is 0 Å². The van der Waals surface area contributed by atoms with Crippen LogP contribution in [0.15, 0.2) is 83.3 Å². The highest BCUT2D eigenvalue weighted by Gasteiger charge is 2.12. The lowest BCUT2D eigenvalue weighted by Gasteiger charge is -2.19. The van der Waals surface area contributed by atoms with E-state index in [2.05, 4.69) is 20.4 Å². The van der Waals surface area contributed by atoms with Crippen LogP contribution in [0, 0.1) is 6.92 Å². The number of hydrogen-bond donors (Lipinski definition) is 1. The molecule has 1 amide bonds. The van der Waals surface area contributed by atoms with E-state index in [0.717, 1.165) is 28.9 Å². The topological polar surface area (TPSA) is 71.3 Å². The lowest BCUT2D eigenvalue weighted by atomic mass is 10.1. The van der Waals surface area contributed by atoms with Crippen molar-refractivity contribution in [3.63, 3.8) is 0 Å². The number of nitrogens with zero attached hydrogens (tertiary/aromatic N) is 3. The summed E-state index contributed by atoms with van der Waals surface area (Å²) in [5.41, 5.74) is 4.49. The fourth-order valence-electron chi connectivity index (χ4n) is 3.25. The van der Waals surface area contributed by atoms with Gasteiger partial charge in [0.05, 0.1) is 0 Å². The number of benzene rings is 3. The number of amides is 1. The Hall–Kier alpha value is -3.93. The zero-order chi connectivity index (χ0) is 21.6. The summed E-state index contributed by atoms with van der Waals surface area (Å²) >= 11 is 0. The van der Waals surface area contributed by atoms with Crippen LogP contribution in [0.4, 0.5) is 5.69 Å². The second-order valence-corrected chi connectivity index (χ2v) is 7.37. The predicted molar refractivity (Wildman–Crippen MR) is 122 cm³/mol. The second-order valence-electron chi connectivity index (χ2n) is 7.37. The van der Waals surface area contributed by atoms with Crippen LogP contribution >= 0.6 is 0 Å². The van der Waals surface area contributed by atoms with Crippen molar-refractivity contribution in [2.24, 2.45) is 0 Å². The Morgan fingerprint density at radius 1 is 0.903 bits per heavy atom. The number of aryl methyl sites for hydroxylation is 1. The van der Waals surface area contributed by atoms with Crippen LogP contribution in [-0.4, -0.2) is 36.2 Å². The molecular weight excluding hydrogens is 388 g/mol. The smallest absolute Gasteiger partial charge is 0.251 e. The van der Waals surface area contributed by atoms with Crippen LogP contribution in [0.3, 0.4) is 0 Å². The molecule has 0 fully saturated rings. The van der Waals surface area contributed by atoms with E-state index in [9.17, 15) is 4.79 Å². The number of aromatic nitrogens is 2. The molecule has 3 aromatic carbocycles. The summed E-state index contributed by atoms with van der Waals surface area (Å²) in [6.45, 7) is 3.29. The number of likely N-dealkylation sites (N-methyl/N-ethyl adjacent to an activating group) is 1. The maximum Gasteiger partial charge on any atom is 0.251 e. The van der Waals surface area contributed by atoms with E-state index in [0.29, 0.717) is 23.9 Å². The van der Waals surface area contributed by atoms with Crippen LogP contribution in [0.5, 0.6) is 0 Å². The summed E-state index contributed by atoms with van der Waals surface area (Å²) in [6.07, 6.45) is 0. The second kappa shape index (κ2) is 9.26. The van der Waals surface area contributed by atoms with Gasteiger partial charge in [-0.25, -0.2) is 0 Å². The number of nitrogens with one attached hydrogen (secondary N) is 1. The molecule has 4 rings (SSSR count). The Morgan fingerprint density at radius 3 is 2.32 bits per heavy atom. The lowest BCUT2D eigenvalue weighted by Crippen LogP contribution is -2.32. The highest BCUT2D eigenvalue weighted by atomic mass is 16.4. The molecule has 0 aliphatic rings. The number of anilines is 1. The van der Waals surface area contributed by atoms with E-state index in [1.54, 1.807) is 12.1 Å². The monoisotopic (exact) mass is 412 g/mol. The van der Waals surface area contributed by atoms with Crippen molar-refractivity contribution >= 4 is 11.6 Å². The van der Waals surface area contributed by atoms with Gasteiger partial charge in [0.25, 0.3) is 5.91 Å². The Balaban J connectivity index is 1.35. The molecule has 0 spiro atoms.